The number of pyridine rings is 1. The van der Waals surface area contributed by atoms with Gasteiger partial charge in [-0.1, -0.05) is 48.5 Å². The Morgan fingerprint density at radius 3 is 1.99 bits per heavy atom. The molecule has 0 atom stereocenters. The first-order valence-electron chi connectivity index (χ1n) is 31.4. The van der Waals surface area contributed by atoms with Crippen LogP contribution in [0.2, 0.25) is 0 Å². The van der Waals surface area contributed by atoms with Crippen LogP contribution >= 0.6 is 0 Å². The van der Waals surface area contributed by atoms with Gasteiger partial charge in [0.25, 0.3) is 0 Å². The van der Waals surface area contributed by atoms with Crippen molar-refractivity contribution in [2.75, 3.05) is 4.81 Å². The van der Waals surface area contributed by atoms with E-state index < -0.39 is 38.8 Å². The van der Waals surface area contributed by atoms with E-state index in [4.69, 9.17) is 22.1 Å². The van der Waals surface area contributed by atoms with Crippen LogP contribution in [0, 0.1) is 29.6 Å². The average molecular weight is 1200 g/mol. The van der Waals surface area contributed by atoms with Crippen molar-refractivity contribution in [3.63, 3.8) is 0 Å². The number of ether oxygens (including phenoxy) is 1. The molecule has 78 heavy (non-hydrogen) atoms. The van der Waals surface area contributed by atoms with Crippen molar-refractivity contribution >= 4 is 56.8 Å². The molecule has 0 aliphatic carbocycles. The summed E-state index contributed by atoms with van der Waals surface area (Å²) in [5, 5.41) is 2.07. The monoisotopic (exact) mass is 1200 g/mol. The molecule has 0 fully saturated rings. The van der Waals surface area contributed by atoms with Crippen LogP contribution in [-0.2, 0) is 30.2 Å². The fourth-order valence-electron chi connectivity index (χ4n) is 11.0. The molecule has 8 heteroatoms. The maximum atomic E-state index is 9.42. The third-order valence-electron chi connectivity index (χ3n) is 14.7. The van der Waals surface area contributed by atoms with Gasteiger partial charge in [0.2, 0.25) is 0 Å². The van der Waals surface area contributed by atoms with Crippen molar-refractivity contribution in [3.8, 4) is 56.4 Å². The summed E-state index contributed by atoms with van der Waals surface area (Å²) in [5.41, 5.74) is 10.2. The zero-order valence-corrected chi connectivity index (χ0v) is 46.1. The van der Waals surface area contributed by atoms with Crippen LogP contribution in [0.1, 0.15) is 78.9 Å². The summed E-state index contributed by atoms with van der Waals surface area (Å²) in [6.07, 6.45) is 0. The Balaban J connectivity index is 1.07. The molecule has 1 aliphatic rings. The van der Waals surface area contributed by atoms with E-state index in [2.05, 4.69) is 108 Å². The van der Waals surface area contributed by atoms with Crippen LogP contribution in [-0.4, -0.2) is 25.6 Å². The Hall–Kier alpha value is -8.25. The normalized spacial score (nSPS) is 15.0. The van der Waals surface area contributed by atoms with E-state index in [0.29, 0.717) is 48.6 Å². The molecule has 13 rings (SSSR count). The number of imidazole rings is 1. The second-order valence-corrected chi connectivity index (χ2v) is 22.9. The molecule has 0 saturated heterocycles. The summed E-state index contributed by atoms with van der Waals surface area (Å²) in [5.74, 6) is 0.302. The fourth-order valence-corrected chi connectivity index (χ4v) is 12.1. The summed E-state index contributed by atoms with van der Waals surface area (Å²) in [7, 11) is 0. The molecule has 0 amide bonds. The van der Waals surface area contributed by atoms with Crippen molar-refractivity contribution in [2.45, 2.75) is 66.1 Å². The number of para-hydroxylation sites is 4. The first kappa shape index (κ1) is 38.3. The minimum absolute atomic E-state index is 0.0217. The number of aromatic nitrogens is 4. The Bertz CT molecular complexity index is 4880. The molecule has 0 saturated carbocycles. The molecule has 0 spiro atoms. The van der Waals surface area contributed by atoms with Crippen molar-refractivity contribution in [3.05, 3.63) is 244 Å². The molecule has 6 nitrogen and oxygen atoms in total. The number of anilines is 2. The first-order valence-corrected chi connectivity index (χ1v) is 27.0. The van der Waals surface area contributed by atoms with Crippen LogP contribution in [0.4, 0.5) is 11.5 Å². The van der Waals surface area contributed by atoms with Gasteiger partial charge in [-0.05, 0) is 11.5 Å². The van der Waals surface area contributed by atoms with E-state index >= 15 is 0 Å². The summed E-state index contributed by atoms with van der Waals surface area (Å²) >= 11 is 2.25. The topological polar surface area (TPSA) is 40.1 Å². The molecule has 3 aromatic heterocycles. The van der Waals surface area contributed by atoms with Crippen molar-refractivity contribution in [1.82, 2.24) is 18.6 Å². The quantitative estimate of drug-likeness (QED) is 0.107. The van der Waals surface area contributed by atoms with Gasteiger partial charge in [0.15, 0.2) is 0 Å². The summed E-state index contributed by atoms with van der Waals surface area (Å²) in [4.78, 5) is 7.18. The van der Waals surface area contributed by atoms with Gasteiger partial charge in [0, 0.05) is 5.52 Å². The van der Waals surface area contributed by atoms with Gasteiger partial charge in [-0.3, -0.25) is 0 Å². The number of benzene rings is 9. The van der Waals surface area contributed by atoms with E-state index in [1.165, 1.54) is 6.07 Å². The number of hydrogen-bond donors (Lipinski definition) is 0. The zero-order valence-electron chi connectivity index (χ0n) is 54.8. The van der Waals surface area contributed by atoms with E-state index in [1.54, 1.807) is 42.5 Å². The second kappa shape index (κ2) is 19.0. The standard InChI is InChI=1S/C70H58BN5O.Pt/c1-46-37-65(75-64-36-22-32-60-59-29-17-18-33-61(59)76(68(60)64)71(75)53-26-13-10-14-27-53)72-66(38-46)77-55-42-50(56-28-16-15-23-47(56)2)41-54(44-55)73-45-74(63-35-20-19-34-62(63)73)67-57(48-24-11-9-12-25-48)30-21-31-58(67)49-39-51(69(3,4)5)43-52(40-49)70(6,7)8;/h9-35,37-43H,1-8H3;/q-2;/i1D3,2D3,9D,11D,12D,24D,25D;. The SMILES string of the molecule is [2H]c1c([2H])c([2H])c(-c2cccc(-c3cc(C(C)(C)C)cc(C(C)(C)C)c3)c2-n2[c](=[Pt])n(-c3[c-]c(Oc4cc(C([2H])([2H])[2H])cc(N5B(c6ccccc6)n6c7ccccc7c7cc[c-]c5c76)n4)cc(-c4ccccc4C([2H])([2H])[2H])c3)c3ccccc32)c([2H])c1[2H]. The zero-order chi connectivity index (χ0) is 63.0. The molecule has 4 heterocycles. The molecule has 0 N–H and O–H groups in total. The third kappa shape index (κ3) is 8.47. The predicted octanol–water partition coefficient (Wildman–Crippen LogP) is 17.0. The Labute approximate surface area is 483 Å². The Kier molecular flexibility index (Phi) is 9.35. The summed E-state index contributed by atoms with van der Waals surface area (Å²) < 4.78 is 112. The van der Waals surface area contributed by atoms with Gasteiger partial charge in [0.1, 0.15) is 0 Å². The van der Waals surface area contributed by atoms with Crippen molar-refractivity contribution < 1.29 is 39.2 Å². The fraction of sp³-hybridized carbons (Fsp3) is 0.143. The summed E-state index contributed by atoms with van der Waals surface area (Å²) in [6, 6.07) is 60.1. The molecular weight excluding hydrogens is 1130 g/mol. The molecule has 12 aromatic rings. The molecule has 1 aliphatic heterocycles. The number of rotatable bonds is 9. The van der Waals surface area contributed by atoms with E-state index in [9.17, 15) is 2.74 Å². The number of nitrogens with zero attached hydrogens (tertiary/aromatic N) is 5. The van der Waals surface area contributed by atoms with Gasteiger partial charge in [0.05, 0.1) is 0 Å². The van der Waals surface area contributed by atoms with Gasteiger partial charge >= 0.3 is 403 Å². The molecule has 0 bridgehead atoms. The van der Waals surface area contributed by atoms with E-state index in [-0.39, 0.29) is 57.1 Å². The second-order valence-electron chi connectivity index (χ2n) is 21.9. The number of aryl methyl sites for hydroxylation is 2. The molecular formula is C70H58BN5OPt-2. The van der Waals surface area contributed by atoms with E-state index in [1.807, 2.05) is 111 Å². The molecule has 0 radical (unpaired) electrons. The maximum absolute atomic E-state index is 9.42. The van der Waals surface area contributed by atoms with Crippen LogP contribution in [0.3, 0.4) is 0 Å². The van der Waals surface area contributed by atoms with Gasteiger partial charge in [-0.2, -0.15) is 12.1 Å². The van der Waals surface area contributed by atoms with Crippen molar-refractivity contribution in [1.29, 1.82) is 0 Å². The minimum atomic E-state index is -2.63. The van der Waals surface area contributed by atoms with Gasteiger partial charge < -0.3 is 0 Å². The van der Waals surface area contributed by atoms with Crippen LogP contribution < -0.4 is 15.0 Å². The van der Waals surface area contributed by atoms with Crippen LogP contribution in [0.5, 0.6) is 11.6 Å². The number of hydrogen-bond acceptors (Lipinski definition) is 3. The predicted molar refractivity (Wildman–Crippen MR) is 320 cm³/mol. The Morgan fingerprint density at radius 2 is 1.26 bits per heavy atom. The number of fused-ring (bicyclic) bond motifs is 4. The first-order chi connectivity index (χ1) is 42.2. The van der Waals surface area contributed by atoms with Gasteiger partial charge in [-0.15, -0.1) is 5.39 Å². The molecule has 0 unspecified atom stereocenters. The van der Waals surface area contributed by atoms with Crippen LogP contribution in [0.15, 0.2) is 206 Å². The van der Waals surface area contributed by atoms with Crippen molar-refractivity contribution in [2.24, 2.45) is 0 Å². The summed E-state index contributed by atoms with van der Waals surface area (Å²) in [6.45, 7) is 7.29. The third-order valence-corrected chi connectivity index (χ3v) is 15.8. The molecule has 9 aromatic carbocycles. The average Bonchev–Trinajstić information content (AvgIpc) is 1.57. The van der Waals surface area contributed by atoms with Gasteiger partial charge in [-0.25, -0.2) is 0 Å². The van der Waals surface area contributed by atoms with E-state index in [0.717, 1.165) is 49.5 Å². The Morgan fingerprint density at radius 1 is 0.603 bits per heavy atom. The molecule has 384 valence electrons. The van der Waals surface area contributed by atoms with Crippen LogP contribution in [0.25, 0.3) is 77.6 Å².